The number of rotatable bonds is 3. The molecule has 1 aromatic carbocycles. The topological polar surface area (TPSA) is 81.1 Å². The van der Waals surface area contributed by atoms with Crippen molar-refractivity contribution < 1.29 is 4.79 Å². The van der Waals surface area contributed by atoms with E-state index in [0.29, 0.717) is 5.69 Å². The number of hydrogen-bond donors (Lipinski definition) is 3. The molecule has 0 aliphatic carbocycles. The minimum atomic E-state index is -0.754. The lowest BCUT2D eigenvalue weighted by molar-refractivity contribution is -0.121. The Morgan fingerprint density at radius 3 is 2.21 bits per heavy atom. The number of nitrogens with two attached hydrogens (primary N) is 2. The van der Waals surface area contributed by atoms with Gasteiger partial charge in [-0.1, -0.05) is 0 Å². The molecule has 0 heterocycles. The number of nitrogens with one attached hydrogen (secondary N) is 1. The van der Waals surface area contributed by atoms with Crippen molar-refractivity contribution in [1.82, 2.24) is 0 Å². The van der Waals surface area contributed by atoms with Crippen molar-refractivity contribution in [2.75, 3.05) is 11.1 Å². The summed E-state index contributed by atoms with van der Waals surface area (Å²) in [6, 6.07) is 7.14. The zero-order valence-corrected chi connectivity index (χ0v) is 8.37. The molecule has 5 N–H and O–H groups in total. The molecule has 0 unspecified atom stereocenters. The van der Waals surface area contributed by atoms with Crippen LogP contribution in [-0.4, -0.2) is 11.4 Å². The van der Waals surface area contributed by atoms with Gasteiger partial charge >= 0.3 is 0 Å². The Balaban J connectivity index is 2.79. The summed E-state index contributed by atoms with van der Waals surface area (Å²) in [5, 5.41) is 3.01. The van der Waals surface area contributed by atoms with Crippen LogP contribution in [0.2, 0.25) is 0 Å². The van der Waals surface area contributed by atoms with Crippen LogP contribution >= 0.6 is 0 Å². The molecule has 0 bridgehead atoms. The van der Waals surface area contributed by atoms with Crippen LogP contribution in [0, 0.1) is 0 Å². The van der Waals surface area contributed by atoms with Crippen molar-refractivity contribution in [3.05, 3.63) is 24.3 Å². The van der Waals surface area contributed by atoms with Gasteiger partial charge in [-0.25, -0.2) is 0 Å². The molecule has 0 saturated heterocycles. The second-order valence-corrected chi connectivity index (χ2v) is 3.74. The summed E-state index contributed by atoms with van der Waals surface area (Å²) in [6.07, 6.45) is 0. The fraction of sp³-hybridized carbons (Fsp3) is 0.300. The fourth-order valence-electron chi connectivity index (χ4n) is 0.989. The Kier molecular flexibility index (Phi) is 2.65. The molecule has 1 amide bonds. The molecule has 4 heteroatoms. The molecule has 76 valence electrons. The van der Waals surface area contributed by atoms with Gasteiger partial charge in [0.15, 0.2) is 0 Å². The molecule has 1 rings (SSSR count). The second kappa shape index (κ2) is 3.57. The van der Waals surface area contributed by atoms with Gasteiger partial charge in [-0.2, -0.15) is 0 Å². The SMILES string of the molecule is CC(C)(Nc1ccc(N)cc1)C(N)=O. The van der Waals surface area contributed by atoms with Crippen LogP contribution < -0.4 is 16.8 Å². The van der Waals surface area contributed by atoms with Gasteiger partial charge < -0.3 is 16.8 Å². The van der Waals surface area contributed by atoms with Crippen LogP contribution in [-0.2, 0) is 4.79 Å². The molecular formula is C10H15N3O. The zero-order chi connectivity index (χ0) is 10.8. The van der Waals surface area contributed by atoms with Crippen molar-refractivity contribution >= 4 is 17.3 Å². The Morgan fingerprint density at radius 2 is 1.79 bits per heavy atom. The maximum atomic E-state index is 11.0. The number of anilines is 2. The summed E-state index contributed by atoms with van der Waals surface area (Å²) in [7, 11) is 0. The van der Waals surface area contributed by atoms with Gasteiger partial charge in [0.2, 0.25) is 5.91 Å². The summed E-state index contributed by atoms with van der Waals surface area (Å²) in [5.41, 5.74) is 11.5. The van der Waals surface area contributed by atoms with Crippen molar-refractivity contribution in [1.29, 1.82) is 0 Å². The number of carbonyl (C=O) groups is 1. The Bertz CT molecular complexity index is 330. The van der Waals surface area contributed by atoms with E-state index in [9.17, 15) is 4.79 Å². The van der Waals surface area contributed by atoms with Crippen LogP contribution in [0.15, 0.2) is 24.3 Å². The number of primary amides is 1. The first kappa shape index (κ1) is 10.4. The molecule has 0 aliphatic rings. The average molecular weight is 193 g/mol. The molecule has 4 nitrogen and oxygen atoms in total. The lowest BCUT2D eigenvalue weighted by atomic mass is 10.0. The molecule has 0 spiro atoms. The predicted octanol–water partition coefficient (Wildman–Crippen LogP) is 0.945. The van der Waals surface area contributed by atoms with E-state index in [0.717, 1.165) is 5.69 Å². The van der Waals surface area contributed by atoms with E-state index in [1.165, 1.54) is 0 Å². The monoisotopic (exact) mass is 193 g/mol. The number of benzene rings is 1. The van der Waals surface area contributed by atoms with Gasteiger partial charge in [-0.15, -0.1) is 0 Å². The van der Waals surface area contributed by atoms with Crippen molar-refractivity contribution in [2.24, 2.45) is 5.73 Å². The van der Waals surface area contributed by atoms with Gasteiger partial charge in [-0.05, 0) is 38.1 Å². The highest BCUT2D eigenvalue weighted by molar-refractivity contribution is 5.86. The minimum Gasteiger partial charge on any atom is -0.399 e. The second-order valence-electron chi connectivity index (χ2n) is 3.74. The molecule has 0 atom stereocenters. The molecule has 0 aliphatic heterocycles. The van der Waals surface area contributed by atoms with Crippen LogP contribution in [0.1, 0.15) is 13.8 Å². The number of nitrogen functional groups attached to an aromatic ring is 1. The van der Waals surface area contributed by atoms with Crippen molar-refractivity contribution in [3.63, 3.8) is 0 Å². The van der Waals surface area contributed by atoms with Crippen LogP contribution in [0.5, 0.6) is 0 Å². The van der Waals surface area contributed by atoms with Gasteiger partial charge in [0.05, 0.1) is 0 Å². The number of hydrogen-bond acceptors (Lipinski definition) is 3. The van der Waals surface area contributed by atoms with Gasteiger partial charge in [-0.3, -0.25) is 4.79 Å². The third-order valence-electron chi connectivity index (χ3n) is 1.98. The highest BCUT2D eigenvalue weighted by Crippen LogP contribution is 2.16. The predicted molar refractivity (Wildman–Crippen MR) is 57.8 cm³/mol. The van der Waals surface area contributed by atoms with Gasteiger partial charge in [0.1, 0.15) is 5.54 Å². The highest BCUT2D eigenvalue weighted by Gasteiger charge is 2.23. The zero-order valence-electron chi connectivity index (χ0n) is 8.37. The van der Waals surface area contributed by atoms with Crippen molar-refractivity contribution in [2.45, 2.75) is 19.4 Å². The van der Waals surface area contributed by atoms with E-state index in [4.69, 9.17) is 11.5 Å². The summed E-state index contributed by atoms with van der Waals surface area (Å²) in [4.78, 5) is 11.0. The van der Waals surface area contributed by atoms with Crippen LogP contribution in [0.25, 0.3) is 0 Å². The maximum absolute atomic E-state index is 11.0. The Hall–Kier alpha value is -1.71. The van der Waals surface area contributed by atoms with Crippen molar-refractivity contribution in [3.8, 4) is 0 Å². The maximum Gasteiger partial charge on any atom is 0.242 e. The molecule has 1 aromatic rings. The Morgan fingerprint density at radius 1 is 1.29 bits per heavy atom. The lowest BCUT2D eigenvalue weighted by Gasteiger charge is -2.23. The van der Waals surface area contributed by atoms with E-state index < -0.39 is 11.4 Å². The first-order valence-corrected chi connectivity index (χ1v) is 4.35. The average Bonchev–Trinajstić information content (AvgIpc) is 2.08. The third kappa shape index (κ3) is 2.39. The standard InChI is InChI=1S/C10H15N3O/c1-10(2,9(12)14)13-8-5-3-7(11)4-6-8/h3-6,13H,11H2,1-2H3,(H2,12,14). The molecular weight excluding hydrogens is 178 g/mol. The number of carbonyl (C=O) groups excluding carboxylic acids is 1. The minimum absolute atomic E-state index is 0.394. The van der Waals surface area contributed by atoms with E-state index in [1.54, 1.807) is 38.1 Å². The fourth-order valence-corrected chi connectivity index (χ4v) is 0.989. The normalized spacial score (nSPS) is 11.0. The smallest absolute Gasteiger partial charge is 0.242 e. The quantitative estimate of drug-likeness (QED) is 0.625. The Labute approximate surface area is 83.3 Å². The lowest BCUT2D eigenvalue weighted by Crippen LogP contribution is -2.44. The largest absolute Gasteiger partial charge is 0.399 e. The molecule has 0 radical (unpaired) electrons. The van der Waals surface area contributed by atoms with Crippen LogP contribution in [0.4, 0.5) is 11.4 Å². The van der Waals surface area contributed by atoms with E-state index in [2.05, 4.69) is 5.32 Å². The molecule has 0 fully saturated rings. The third-order valence-corrected chi connectivity index (χ3v) is 1.98. The van der Waals surface area contributed by atoms with Gasteiger partial charge in [0.25, 0.3) is 0 Å². The van der Waals surface area contributed by atoms with Crippen LogP contribution in [0.3, 0.4) is 0 Å². The van der Waals surface area contributed by atoms with E-state index >= 15 is 0 Å². The first-order valence-electron chi connectivity index (χ1n) is 4.35. The molecule has 0 saturated carbocycles. The van der Waals surface area contributed by atoms with E-state index in [1.807, 2.05) is 0 Å². The molecule has 0 aromatic heterocycles. The summed E-state index contributed by atoms with van der Waals surface area (Å²) in [6.45, 7) is 3.46. The summed E-state index contributed by atoms with van der Waals surface area (Å²) in [5.74, 6) is -0.394. The van der Waals surface area contributed by atoms with E-state index in [-0.39, 0.29) is 0 Å². The first-order chi connectivity index (χ1) is 6.42. The summed E-state index contributed by atoms with van der Waals surface area (Å²) < 4.78 is 0. The van der Waals surface area contributed by atoms with Gasteiger partial charge in [0, 0.05) is 11.4 Å². The number of amides is 1. The summed E-state index contributed by atoms with van der Waals surface area (Å²) >= 11 is 0. The highest BCUT2D eigenvalue weighted by atomic mass is 16.1. The molecule has 14 heavy (non-hydrogen) atoms.